The number of rotatable bonds is 4. The van der Waals surface area contributed by atoms with Crippen molar-refractivity contribution in [3.05, 3.63) is 58.9 Å². The Labute approximate surface area is 199 Å². The molecule has 35 heavy (non-hydrogen) atoms. The van der Waals surface area contributed by atoms with Gasteiger partial charge in [0.05, 0.1) is 18.3 Å². The van der Waals surface area contributed by atoms with Crippen molar-refractivity contribution in [1.29, 1.82) is 0 Å². The highest BCUT2D eigenvalue weighted by Gasteiger charge is 2.38. The molecule has 0 aliphatic carbocycles. The van der Waals surface area contributed by atoms with E-state index in [1.807, 2.05) is 10.6 Å². The highest BCUT2D eigenvalue weighted by molar-refractivity contribution is 6.00. The third-order valence-corrected chi connectivity index (χ3v) is 7.37. The number of aromatic nitrogens is 3. The van der Waals surface area contributed by atoms with E-state index in [1.165, 1.54) is 6.07 Å². The van der Waals surface area contributed by atoms with Crippen LogP contribution in [0.15, 0.2) is 30.5 Å². The van der Waals surface area contributed by atoms with Crippen LogP contribution in [0.5, 0.6) is 0 Å². The molecule has 0 amide bonds. The maximum absolute atomic E-state index is 16.2. The van der Waals surface area contributed by atoms with Crippen LogP contribution in [-0.4, -0.2) is 51.8 Å². The molecule has 2 aromatic heterocycles. The molecule has 2 N–H and O–H groups in total. The van der Waals surface area contributed by atoms with Crippen molar-refractivity contribution < 1.29 is 28.2 Å². The quantitative estimate of drug-likeness (QED) is 0.431. The van der Waals surface area contributed by atoms with Gasteiger partial charge in [-0.25, -0.2) is 13.6 Å². The van der Waals surface area contributed by atoms with E-state index in [0.29, 0.717) is 40.6 Å². The molecule has 2 aromatic carbocycles. The first-order valence-corrected chi connectivity index (χ1v) is 11.8. The number of nitrogens with one attached hydrogen (secondary N) is 1. The molecule has 182 valence electrons. The third kappa shape index (κ3) is 3.52. The molecule has 4 aromatic rings. The second-order valence-corrected chi connectivity index (χ2v) is 9.47. The first-order valence-electron chi connectivity index (χ1n) is 11.8. The summed E-state index contributed by atoms with van der Waals surface area (Å²) < 4.78 is 43.6. The fraction of sp³-hybridized carbons (Fsp3) is 0.385. The Morgan fingerprint density at radius 2 is 2.00 bits per heavy atom. The number of ether oxygens (including phenoxy) is 2. The Morgan fingerprint density at radius 3 is 2.71 bits per heavy atom. The maximum atomic E-state index is 16.2. The van der Waals surface area contributed by atoms with Crippen LogP contribution in [0.2, 0.25) is 0 Å². The van der Waals surface area contributed by atoms with Crippen molar-refractivity contribution >= 4 is 27.8 Å². The van der Waals surface area contributed by atoms with E-state index >= 15 is 4.39 Å². The zero-order valence-corrected chi connectivity index (χ0v) is 19.2. The van der Waals surface area contributed by atoms with E-state index in [0.717, 1.165) is 29.8 Å². The van der Waals surface area contributed by atoms with Crippen LogP contribution in [0.25, 0.3) is 27.5 Å². The lowest BCUT2D eigenvalue weighted by molar-refractivity contribution is -0.147. The number of benzene rings is 2. The SMILES string of the molecule is Cc1cc(-n2c(C3CCOCC3)c(C3CO[C@@H](C(=O)O)C3)c3c(F)c4[nH]ncc4cc32)ccc1F. The van der Waals surface area contributed by atoms with E-state index in [1.54, 1.807) is 25.3 Å². The number of aryl methyl sites for hydroxylation is 1. The number of hydrogen-bond donors (Lipinski definition) is 2. The second kappa shape index (κ2) is 8.42. The van der Waals surface area contributed by atoms with Gasteiger partial charge in [-0.15, -0.1) is 0 Å². The molecule has 7 nitrogen and oxygen atoms in total. The summed E-state index contributed by atoms with van der Waals surface area (Å²) in [7, 11) is 0. The lowest BCUT2D eigenvalue weighted by Gasteiger charge is -2.27. The Morgan fingerprint density at radius 1 is 1.20 bits per heavy atom. The molecule has 2 atom stereocenters. The van der Waals surface area contributed by atoms with E-state index in [4.69, 9.17) is 9.47 Å². The van der Waals surface area contributed by atoms with Crippen molar-refractivity contribution in [2.75, 3.05) is 19.8 Å². The van der Waals surface area contributed by atoms with Gasteiger partial charge in [0.15, 0.2) is 11.9 Å². The van der Waals surface area contributed by atoms with Gasteiger partial charge in [0.25, 0.3) is 0 Å². The van der Waals surface area contributed by atoms with E-state index < -0.39 is 17.9 Å². The smallest absolute Gasteiger partial charge is 0.332 e. The normalized spacial score (nSPS) is 21.3. The molecule has 2 aliphatic rings. The van der Waals surface area contributed by atoms with Gasteiger partial charge in [-0.1, -0.05) is 0 Å². The predicted octanol–water partition coefficient (Wildman–Crippen LogP) is 4.94. The molecule has 2 aliphatic heterocycles. The summed E-state index contributed by atoms with van der Waals surface area (Å²) in [6, 6.07) is 6.80. The number of aromatic amines is 1. The van der Waals surface area contributed by atoms with Gasteiger partial charge in [0.2, 0.25) is 0 Å². The zero-order chi connectivity index (χ0) is 24.3. The van der Waals surface area contributed by atoms with Crippen LogP contribution in [0.3, 0.4) is 0 Å². The van der Waals surface area contributed by atoms with Gasteiger partial charge in [-0.2, -0.15) is 5.10 Å². The van der Waals surface area contributed by atoms with Crippen molar-refractivity contribution in [2.45, 2.75) is 44.1 Å². The van der Waals surface area contributed by atoms with E-state index in [9.17, 15) is 14.3 Å². The second-order valence-electron chi connectivity index (χ2n) is 9.47. The van der Waals surface area contributed by atoms with Gasteiger partial charge in [-0.3, -0.25) is 5.10 Å². The number of H-pyrrole nitrogens is 1. The highest BCUT2D eigenvalue weighted by atomic mass is 19.1. The van der Waals surface area contributed by atoms with Crippen LogP contribution in [-0.2, 0) is 14.3 Å². The lowest BCUT2D eigenvalue weighted by atomic mass is 9.86. The molecule has 1 unspecified atom stereocenters. The monoisotopic (exact) mass is 481 g/mol. The van der Waals surface area contributed by atoms with Crippen LogP contribution in [0.1, 0.15) is 47.9 Å². The number of halogens is 2. The maximum Gasteiger partial charge on any atom is 0.332 e. The van der Waals surface area contributed by atoms with E-state index in [2.05, 4.69) is 10.2 Å². The van der Waals surface area contributed by atoms with Gasteiger partial charge in [0, 0.05) is 47.2 Å². The van der Waals surface area contributed by atoms with Crippen molar-refractivity contribution in [1.82, 2.24) is 14.8 Å². The minimum absolute atomic E-state index is 0.0660. The van der Waals surface area contributed by atoms with Crippen molar-refractivity contribution in [3.8, 4) is 5.69 Å². The first-order chi connectivity index (χ1) is 16.9. The summed E-state index contributed by atoms with van der Waals surface area (Å²) in [5.74, 6) is -1.98. The predicted molar refractivity (Wildman–Crippen MR) is 125 cm³/mol. The molecule has 2 fully saturated rings. The first kappa shape index (κ1) is 22.2. The minimum atomic E-state index is -1.02. The summed E-state index contributed by atoms with van der Waals surface area (Å²) in [4.78, 5) is 11.7. The number of hydrogen-bond acceptors (Lipinski definition) is 4. The Balaban J connectivity index is 1.70. The molecule has 0 radical (unpaired) electrons. The number of fused-ring (bicyclic) bond motifs is 2. The molecular formula is C26H25F2N3O4. The summed E-state index contributed by atoms with van der Waals surface area (Å²) in [5.41, 5.74) is 3.87. The highest BCUT2D eigenvalue weighted by Crippen LogP contribution is 2.46. The van der Waals surface area contributed by atoms with Gasteiger partial charge in [-0.05, 0) is 61.6 Å². The van der Waals surface area contributed by atoms with Gasteiger partial charge in [0.1, 0.15) is 11.3 Å². The van der Waals surface area contributed by atoms with Crippen molar-refractivity contribution in [2.24, 2.45) is 0 Å². The van der Waals surface area contributed by atoms with E-state index in [-0.39, 0.29) is 30.7 Å². The van der Waals surface area contributed by atoms with Gasteiger partial charge < -0.3 is 19.1 Å². The zero-order valence-electron chi connectivity index (χ0n) is 19.2. The average molecular weight is 481 g/mol. The fourth-order valence-electron chi connectivity index (χ4n) is 5.68. The summed E-state index contributed by atoms with van der Waals surface area (Å²) in [6.07, 6.45) is 2.40. The number of carbonyl (C=O) groups is 1. The average Bonchev–Trinajstić information content (AvgIpc) is 3.59. The largest absolute Gasteiger partial charge is 0.479 e. The number of carboxylic acids is 1. The molecule has 4 heterocycles. The molecule has 0 saturated carbocycles. The topological polar surface area (TPSA) is 89.4 Å². The molecular weight excluding hydrogens is 456 g/mol. The molecule has 0 bridgehead atoms. The third-order valence-electron chi connectivity index (χ3n) is 7.37. The van der Waals surface area contributed by atoms with Crippen LogP contribution < -0.4 is 0 Å². The Hall–Kier alpha value is -3.30. The fourth-order valence-corrected chi connectivity index (χ4v) is 5.68. The van der Waals surface area contributed by atoms with Crippen LogP contribution in [0.4, 0.5) is 8.78 Å². The molecule has 6 rings (SSSR count). The standard InChI is InChI=1S/C26H25F2N3O4/c1-13-8-17(2-3-18(13)27)31-19-9-15-11-29-30-24(15)23(28)22(19)21(16-10-20(26(32)33)35-12-16)25(31)14-4-6-34-7-5-14/h2-3,8-9,11,14,16,20H,4-7,10,12H2,1H3,(H,29,30)(H,32,33)/t16?,20-/m1/s1. The van der Waals surface area contributed by atoms with Crippen molar-refractivity contribution in [3.63, 3.8) is 0 Å². The number of carboxylic acid groups (broad SMARTS) is 1. The summed E-state index contributed by atoms with van der Waals surface area (Å²) in [6.45, 7) is 3.06. The van der Waals surface area contributed by atoms with Crippen LogP contribution >= 0.6 is 0 Å². The molecule has 2 saturated heterocycles. The summed E-state index contributed by atoms with van der Waals surface area (Å²) >= 11 is 0. The lowest BCUT2D eigenvalue weighted by Crippen LogP contribution is -2.20. The minimum Gasteiger partial charge on any atom is -0.479 e. The van der Waals surface area contributed by atoms with Crippen LogP contribution in [0, 0.1) is 18.6 Å². The number of aliphatic carboxylic acids is 1. The molecule has 9 heteroatoms. The Bertz CT molecular complexity index is 1450. The Kier molecular flexibility index (Phi) is 5.34. The number of nitrogens with zero attached hydrogens (tertiary/aromatic N) is 2. The molecule has 0 spiro atoms. The van der Waals surface area contributed by atoms with Gasteiger partial charge >= 0.3 is 5.97 Å². The summed E-state index contributed by atoms with van der Waals surface area (Å²) in [5, 5.41) is 17.4.